The van der Waals surface area contributed by atoms with E-state index in [0.29, 0.717) is 6.42 Å². The lowest BCUT2D eigenvalue weighted by Gasteiger charge is -2.27. The van der Waals surface area contributed by atoms with Crippen molar-refractivity contribution < 1.29 is 14.3 Å². The van der Waals surface area contributed by atoms with E-state index in [2.05, 4.69) is 5.32 Å². The number of methoxy groups -OCH3 is 2. The maximum atomic E-state index is 12.0. The van der Waals surface area contributed by atoms with Crippen LogP contribution in [0.4, 0.5) is 5.69 Å². The zero-order valence-corrected chi connectivity index (χ0v) is 12.1. The van der Waals surface area contributed by atoms with E-state index in [1.165, 1.54) is 0 Å². The molecule has 2 aromatic rings. The van der Waals surface area contributed by atoms with Crippen molar-refractivity contribution in [2.75, 3.05) is 19.5 Å². The van der Waals surface area contributed by atoms with E-state index in [0.717, 1.165) is 28.3 Å². The molecule has 21 heavy (non-hydrogen) atoms. The Morgan fingerprint density at radius 2 is 1.86 bits per heavy atom. The maximum absolute atomic E-state index is 12.0. The summed E-state index contributed by atoms with van der Waals surface area (Å²) < 4.78 is 10.7. The molecule has 3 rings (SSSR count). The van der Waals surface area contributed by atoms with Gasteiger partial charge >= 0.3 is 0 Å². The molecule has 1 unspecified atom stereocenters. The van der Waals surface area contributed by atoms with E-state index in [4.69, 9.17) is 9.47 Å². The Balaban J connectivity index is 2.13. The summed E-state index contributed by atoms with van der Waals surface area (Å²) in [4.78, 5) is 12.0. The summed E-state index contributed by atoms with van der Waals surface area (Å²) in [6.45, 7) is 0. The van der Waals surface area contributed by atoms with Gasteiger partial charge in [-0.2, -0.15) is 0 Å². The van der Waals surface area contributed by atoms with Gasteiger partial charge in [-0.15, -0.1) is 0 Å². The van der Waals surface area contributed by atoms with E-state index in [-0.39, 0.29) is 11.8 Å². The molecule has 2 aromatic carbocycles. The SMILES string of the molecule is COc1ccc2c(c1)C(c1ccccc1OC)CC(=O)N2. The van der Waals surface area contributed by atoms with Crippen molar-refractivity contribution in [1.82, 2.24) is 0 Å². The van der Waals surface area contributed by atoms with Gasteiger partial charge in [-0.05, 0) is 29.8 Å². The third-order valence-electron chi connectivity index (χ3n) is 3.81. The van der Waals surface area contributed by atoms with Crippen LogP contribution in [0.1, 0.15) is 23.5 Å². The van der Waals surface area contributed by atoms with Crippen LogP contribution in [-0.2, 0) is 4.79 Å². The molecule has 108 valence electrons. The van der Waals surface area contributed by atoms with Crippen molar-refractivity contribution in [3.05, 3.63) is 53.6 Å². The molecule has 1 heterocycles. The molecule has 0 saturated heterocycles. The van der Waals surface area contributed by atoms with E-state index in [1.807, 2.05) is 42.5 Å². The van der Waals surface area contributed by atoms with Crippen molar-refractivity contribution in [2.45, 2.75) is 12.3 Å². The lowest BCUT2D eigenvalue weighted by Crippen LogP contribution is -2.23. The van der Waals surface area contributed by atoms with Crippen LogP contribution in [0.25, 0.3) is 0 Å². The number of carbonyl (C=O) groups excluding carboxylic acids is 1. The molecule has 1 N–H and O–H groups in total. The summed E-state index contributed by atoms with van der Waals surface area (Å²) in [5.74, 6) is 1.57. The van der Waals surface area contributed by atoms with E-state index >= 15 is 0 Å². The molecule has 0 bridgehead atoms. The van der Waals surface area contributed by atoms with Crippen LogP contribution in [0.2, 0.25) is 0 Å². The Hall–Kier alpha value is -2.49. The normalized spacial score (nSPS) is 16.9. The Morgan fingerprint density at radius 3 is 2.62 bits per heavy atom. The number of para-hydroxylation sites is 1. The topological polar surface area (TPSA) is 47.6 Å². The van der Waals surface area contributed by atoms with E-state index < -0.39 is 0 Å². The van der Waals surface area contributed by atoms with Crippen molar-refractivity contribution in [1.29, 1.82) is 0 Å². The number of benzene rings is 2. The van der Waals surface area contributed by atoms with Crippen molar-refractivity contribution in [3.8, 4) is 11.5 Å². The zero-order valence-electron chi connectivity index (χ0n) is 12.1. The Kier molecular flexibility index (Phi) is 3.52. The fourth-order valence-electron chi connectivity index (χ4n) is 2.80. The van der Waals surface area contributed by atoms with Gasteiger partial charge < -0.3 is 14.8 Å². The molecular formula is C17H17NO3. The number of amides is 1. The van der Waals surface area contributed by atoms with Gasteiger partial charge in [0.05, 0.1) is 14.2 Å². The molecule has 0 aliphatic carbocycles. The first-order chi connectivity index (χ1) is 10.2. The molecule has 1 aliphatic heterocycles. The van der Waals surface area contributed by atoms with Gasteiger partial charge in [0.25, 0.3) is 0 Å². The van der Waals surface area contributed by atoms with E-state index in [1.54, 1.807) is 14.2 Å². The molecule has 0 spiro atoms. The standard InChI is InChI=1S/C17H17NO3/c1-20-11-7-8-15-14(9-11)13(10-17(19)18-15)12-5-3-4-6-16(12)21-2/h3-9,13H,10H2,1-2H3,(H,18,19). The number of fused-ring (bicyclic) bond motifs is 1. The Morgan fingerprint density at radius 1 is 1.05 bits per heavy atom. The van der Waals surface area contributed by atoms with Gasteiger partial charge in [0.2, 0.25) is 5.91 Å². The number of anilines is 1. The first-order valence-corrected chi connectivity index (χ1v) is 6.83. The average molecular weight is 283 g/mol. The maximum Gasteiger partial charge on any atom is 0.225 e. The van der Waals surface area contributed by atoms with Crippen LogP contribution >= 0.6 is 0 Å². The first kappa shape index (κ1) is 13.5. The zero-order chi connectivity index (χ0) is 14.8. The number of nitrogens with one attached hydrogen (secondary N) is 1. The fourth-order valence-corrected chi connectivity index (χ4v) is 2.80. The molecule has 4 nitrogen and oxygen atoms in total. The smallest absolute Gasteiger partial charge is 0.225 e. The van der Waals surface area contributed by atoms with Crippen LogP contribution < -0.4 is 14.8 Å². The highest BCUT2D eigenvalue weighted by molar-refractivity contribution is 5.95. The number of ether oxygens (including phenoxy) is 2. The largest absolute Gasteiger partial charge is 0.497 e. The van der Waals surface area contributed by atoms with Crippen LogP contribution in [0.3, 0.4) is 0 Å². The number of hydrogen-bond donors (Lipinski definition) is 1. The lowest BCUT2D eigenvalue weighted by molar-refractivity contribution is -0.116. The third-order valence-corrected chi connectivity index (χ3v) is 3.81. The van der Waals surface area contributed by atoms with Crippen LogP contribution in [-0.4, -0.2) is 20.1 Å². The van der Waals surface area contributed by atoms with Gasteiger partial charge in [0.1, 0.15) is 11.5 Å². The average Bonchev–Trinajstić information content (AvgIpc) is 2.53. The molecule has 1 atom stereocenters. The summed E-state index contributed by atoms with van der Waals surface area (Å²) >= 11 is 0. The molecule has 0 fully saturated rings. The first-order valence-electron chi connectivity index (χ1n) is 6.83. The number of rotatable bonds is 3. The molecule has 0 aromatic heterocycles. The third kappa shape index (κ3) is 2.44. The minimum absolute atomic E-state index is 0.0172. The summed E-state index contributed by atoms with van der Waals surface area (Å²) in [7, 11) is 3.29. The van der Waals surface area contributed by atoms with Crippen LogP contribution in [0.5, 0.6) is 11.5 Å². The highest BCUT2D eigenvalue weighted by Crippen LogP contribution is 2.41. The molecule has 0 saturated carbocycles. The van der Waals surface area contributed by atoms with Crippen molar-refractivity contribution in [2.24, 2.45) is 0 Å². The van der Waals surface area contributed by atoms with Crippen LogP contribution in [0.15, 0.2) is 42.5 Å². The van der Waals surface area contributed by atoms with Gasteiger partial charge in [-0.25, -0.2) is 0 Å². The van der Waals surface area contributed by atoms with Gasteiger partial charge in [0.15, 0.2) is 0 Å². The van der Waals surface area contributed by atoms with Crippen molar-refractivity contribution in [3.63, 3.8) is 0 Å². The molecule has 1 amide bonds. The predicted octanol–water partition coefficient (Wildman–Crippen LogP) is 3.18. The van der Waals surface area contributed by atoms with Crippen LogP contribution in [0, 0.1) is 0 Å². The Labute approximate surface area is 123 Å². The predicted molar refractivity (Wildman–Crippen MR) is 81.1 cm³/mol. The minimum Gasteiger partial charge on any atom is -0.497 e. The molecular weight excluding hydrogens is 266 g/mol. The number of carbonyl (C=O) groups is 1. The quantitative estimate of drug-likeness (QED) is 0.941. The van der Waals surface area contributed by atoms with Gasteiger partial charge in [0, 0.05) is 23.6 Å². The highest BCUT2D eigenvalue weighted by Gasteiger charge is 2.28. The second-order valence-corrected chi connectivity index (χ2v) is 5.00. The summed E-state index contributed by atoms with van der Waals surface area (Å²) in [5.41, 5.74) is 2.91. The molecule has 1 aliphatic rings. The summed E-state index contributed by atoms with van der Waals surface area (Å²) in [6, 6.07) is 13.5. The fraction of sp³-hybridized carbons (Fsp3) is 0.235. The summed E-state index contributed by atoms with van der Waals surface area (Å²) in [6.07, 6.45) is 0.403. The molecule has 4 heteroatoms. The highest BCUT2D eigenvalue weighted by atomic mass is 16.5. The number of hydrogen-bond acceptors (Lipinski definition) is 3. The van der Waals surface area contributed by atoms with Crippen molar-refractivity contribution >= 4 is 11.6 Å². The summed E-state index contributed by atoms with van der Waals surface area (Å²) in [5, 5.41) is 2.91. The second kappa shape index (κ2) is 5.48. The second-order valence-electron chi connectivity index (χ2n) is 5.00. The van der Waals surface area contributed by atoms with Gasteiger partial charge in [-0.3, -0.25) is 4.79 Å². The monoisotopic (exact) mass is 283 g/mol. The lowest BCUT2D eigenvalue weighted by atomic mass is 9.84. The van der Waals surface area contributed by atoms with Gasteiger partial charge in [-0.1, -0.05) is 18.2 Å². The minimum atomic E-state index is -0.0278. The van der Waals surface area contributed by atoms with E-state index in [9.17, 15) is 4.79 Å². The Bertz CT molecular complexity index is 681. The molecule has 0 radical (unpaired) electrons.